The Bertz CT molecular complexity index is 615. The SMILES string of the molecule is CCc1ncc(CN(C)c2c(Cl)cccc2C#N)s1. The summed E-state index contributed by atoms with van der Waals surface area (Å²) in [4.78, 5) is 7.50. The number of rotatable bonds is 4. The van der Waals surface area contributed by atoms with E-state index in [1.807, 2.05) is 18.1 Å². The molecule has 0 unspecified atom stereocenters. The van der Waals surface area contributed by atoms with Crippen molar-refractivity contribution >= 4 is 28.6 Å². The van der Waals surface area contributed by atoms with E-state index in [4.69, 9.17) is 16.9 Å². The normalized spacial score (nSPS) is 10.2. The van der Waals surface area contributed by atoms with E-state index in [9.17, 15) is 0 Å². The maximum Gasteiger partial charge on any atom is 0.101 e. The number of aromatic nitrogens is 1. The van der Waals surface area contributed by atoms with Gasteiger partial charge in [0.25, 0.3) is 0 Å². The lowest BCUT2D eigenvalue weighted by Crippen LogP contribution is -2.17. The van der Waals surface area contributed by atoms with Gasteiger partial charge >= 0.3 is 0 Å². The molecule has 2 aromatic rings. The average molecular weight is 292 g/mol. The molecule has 98 valence electrons. The Hall–Kier alpha value is -1.57. The molecule has 19 heavy (non-hydrogen) atoms. The summed E-state index contributed by atoms with van der Waals surface area (Å²) in [5.41, 5.74) is 1.37. The fourth-order valence-electron chi connectivity index (χ4n) is 1.89. The van der Waals surface area contributed by atoms with Gasteiger partial charge in [0.2, 0.25) is 0 Å². The van der Waals surface area contributed by atoms with Crippen molar-refractivity contribution in [3.63, 3.8) is 0 Å². The highest BCUT2D eigenvalue weighted by molar-refractivity contribution is 7.11. The van der Waals surface area contributed by atoms with Crippen LogP contribution in [0, 0.1) is 11.3 Å². The molecule has 1 heterocycles. The van der Waals surface area contributed by atoms with Gasteiger partial charge in [-0.05, 0) is 18.6 Å². The molecule has 0 N–H and O–H groups in total. The fourth-order valence-corrected chi connectivity index (χ4v) is 3.13. The van der Waals surface area contributed by atoms with E-state index in [-0.39, 0.29) is 0 Å². The zero-order valence-electron chi connectivity index (χ0n) is 10.9. The van der Waals surface area contributed by atoms with Gasteiger partial charge in [-0.25, -0.2) is 4.98 Å². The van der Waals surface area contributed by atoms with E-state index in [0.717, 1.165) is 17.1 Å². The minimum atomic E-state index is 0.593. The summed E-state index contributed by atoms with van der Waals surface area (Å²) in [6, 6.07) is 7.56. The topological polar surface area (TPSA) is 39.9 Å². The van der Waals surface area contributed by atoms with E-state index in [1.54, 1.807) is 29.5 Å². The quantitative estimate of drug-likeness (QED) is 0.858. The summed E-state index contributed by atoms with van der Waals surface area (Å²) in [6.45, 7) is 2.80. The van der Waals surface area contributed by atoms with Crippen molar-refractivity contribution in [2.24, 2.45) is 0 Å². The van der Waals surface area contributed by atoms with Crippen LogP contribution in [0.4, 0.5) is 5.69 Å². The van der Waals surface area contributed by atoms with Crippen LogP contribution >= 0.6 is 22.9 Å². The Morgan fingerprint density at radius 2 is 2.26 bits per heavy atom. The smallest absolute Gasteiger partial charge is 0.101 e. The van der Waals surface area contributed by atoms with Crippen molar-refractivity contribution in [2.45, 2.75) is 19.9 Å². The lowest BCUT2D eigenvalue weighted by Gasteiger charge is -2.20. The number of halogens is 1. The molecular formula is C14H14ClN3S. The second kappa shape index (κ2) is 6.05. The number of benzene rings is 1. The maximum absolute atomic E-state index is 9.15. The lowest BCUT2D eigenvalue weighted by molar-refractivity contribution is 0.934. The van der Waals surface area contributed by atoms with E-state index in [1.165, 1.54) is 4.88 Å². The Labute approximate surface area is 122 Å². The second-order valence-corrected chi connectivity index (χ2v) is 5.78. The maximum atomic E-state index is 9.15. The van der Waals surface area contributed by atoms with Crippen molar-refractivity contribution in [1.82, 2.24) is 4.98 Å². The van der Waals surface area contributed by atoms with Gasteiger partial charge in [-0.15, -0.1) is 11.3 Å². The van der Waals surface area contributed by atoms with Crippen LogP contribution in [0.15, 0.2) is 24.4 Å². The summed E-state index contributed by atoms with van der Waals surface area (Å²) in [7, 11) is 1.94. The first-order valence-corrected chi connectivity index (χ1v) is 7.18. The molecule has 0 bridgehead atoms. The molecule has 0 aliphatic carbocycles. The molecule has 0 spiro atoms. The van der Waals surface area contributed by atoms with Crippen LogP contribution in [-0.4, -0.2) is 12.0 Å². The van der Waals surface area contributed by atoms with E-state index >= 15 is 0 Å². The number of nitrogens with zero attached hydrogens (tertiary/aromatic N) is 3. The Morgan fingerprint density at radius 1 is 1.47 bits per heavy atom. The zero-order valence-corrected chi connectivity index (χ0v) is 12.4. The number of hydrogen-bond donors (Lipinski definition) is 0. The highest BCUT2D eigenvalue weighted by Gasteiger charge is 2.13. The molecular weight excluding hydrogens is 278 g/mol. The molecule has 0 saturated heterocycles. The fraction of sp³-hybridized carbons (Fsp3) is 0.286. The van der Waals surface area contributed by atoms with Crippen LogP contribution in [0.2, 0.25) is 5.02 Å². The highest BCUT2D eigenvalue weighted by atomic mass is 35.5. The standard InChI is InChI=1S/C14H14ClN3S/c1-3-13-17-8-11(19-13)9-18(2)14-10(7-16)5-4-6-12(14)15/h4-6,8H,3,9H2,1-2H3. The predicted octanol–water partition coefficient (Wildman–Crippen LogP) is 3.87. The molecule has 0 amide bonds. The predicted molar refractivity (Wildman–Crippen MR) is 79.8 cm³/mol. The van der Waals surface area contributed by atoms with Crippen LogP contribution in [-0.2, 0) is 13.0 Å². The summed E-state index contributed by atoms with van der Waals surface area (Å²) >= 11 is 7.89. The minimum Gasteiger partial charge on any atom is -0.367 e. The van der Waals surface area contributed by atoms with Gasteiger partial charge in [0.15, 0.2) is 0 Å². The van der Waals surface area contributed by atoms with Gasteiger partial charge in [-0.1, -0.05) is 24.6 Å². The van der Waals surface area contributed by atoms with Crippen molar-refractivity contribution in [3.8, 4) is 6.07 Å². The second-order valence-electron chi connectivity index (χ2n) is 4.18. The first-order chi connectivity index (χ1) is 9.15. The summed E-state index contributed by atoms with van der Waals surface area (Å²) in [5, 5.41) is 10.9. The van der Waals surface area contributed by atoms with Gasteiger partial charge in [-0.2, -0.15) is 5.26 Å². The van der Waals surface area contributed by atoms with E-state index in [2.05, 4.69) is 18.0 Å². The summed E-state index contributed by atoms with van der Waals surface area (Å²) in [5.74, 6) is 0. The summed E-state index contributed by atoms with van der Waals surface area (Å²) in [6.07, 6.45) is 2.84. The Morgan fingerprint density at radius 3 is 2.89 bits per heavy atom. The van der Waals surface area contributed by atoms with Crippen LogP contribution in [0.5, 0.6) is 0 Å². The van der Waals surface area contributed by atoms with Crippen LogP contribution in [0.1, 0.15) is 22.4 Å². The summed E-state index contributed by atoms with van der Waals surface area (Å²) < 4.78 is 0. The van der Waals surface area contributed by atoms with Crippen LogP contribution in [0.25, 0.3) is 0 Å². The number of hydrogen-bond acceptors (Lipinski definition) is 4. The third kappa shape index (κ3) is 3.06. The lowest BCUT2D eigenvalue weighted by atomic mass is 10.2. The monoisotopic (exact) mass is 291 g/mol. The third-order valence-electron chi connectivity index (χ3n) is 2.79. The van der Waals surface area contributed by atoms with Crippen molar-refractivity contribution in [3.05, 3.63) is 44.9 Å². The number of nitriles is 1. The molecule has 2 rings (SSSR count). The zero-order chi connectivity index (χ0) is 13.8. The van der Waals surface area contributed by atoms with Gasteiger partial charge < -0.3 is 4.90 Å². The molecule has 3 nitrogen and oxygen atoms in total. The molecule has 0 aliphatic rings. The van der Waals surface area contributed by atoms with Crippen molar-refractivity contribution in [1.29, 1.82) is 5.26 Å². The first kappa shape index (κ1) is 13.9. The Balaban J connectivity index is 2.25. The van der Waals surface area contributed by atoms with E-state index < -0.39 is 0 Å². The number of para-hydroxylation sites is 1. The molecule has 1 aromatic heterocycles. The number of thiazole rings is 1. The molecule has 1 aromatic carbocycles. The van der Waals surface area contributed by atoms with Gasteiger partial charge in [0, 0.05) is 18.1 Å². The molecule has 0 radical (unpaired) electrons. The molecule has 0 saturated carbocycles. The van der Waals surface area contributed by atoms with Gasteiger partial charge in [0.1, 0.15) is 6.07 Å². The first-order valence-electron chi connectivity index (χ1n) is 5.99. The highest BCUT2D eigenvalue weighted by Crippen LogP contribution is 2.30. The van der Waals surface area contributed by atoms with Crippen LogP contribution in [0.3, 0.4) is 0 Å². The van der Waals surface area contributed by atoms with Crippen molar-refractivity contribution < 1.29 is 0 Å². The van der Waals surface area contributed by atoms with Gasteiger partial charge in [0.05, 0.1) is 27.8 Å². The van der Waals surface area contributed by atoms with Crippen LogP contribution < -0.4 is 4.90 Å². The third-order valence-corrected chi connectivity index (χ3v) is 4.22. The number of aryl methyl sites for hydroxylation is 1. The van der Waals surface area contributed by atoms with Crippen molar-refractivity contribution in [2.75, 3.05) is 11.9 Å². The minimum absolute atomic E-state index is 0.593. The molecule has 0 atom stereocenters. The average Bonchev–Trinajstić information content (AvgIpc) is 2.85. The molecule has 0 aliphatic heterocycles. The number of anilines is 1. The largest absolute Gasteiger partial charge is 0.367 e. The Kier molecular flexibility index (Phi) is 4.41. The van der Waals surface area contributed by atoms with Gasteiger partial charge in [-0.3, -0.25) is 0 Å². The molecule has 5 heteroatoms. The van der Waals surface area contributed by atoms with E-state index in [0.29, 0.717) is 17.1 Å². The molecule has 0 fully saturated rings.